The van der Waals surface area contributed by atoms with Crippen LogP contribution >= 0.6 is 0 Å². The highest BCUT2D eigenvalue weighted by atomic mass is 19.4. The van der Waals surface area contributed by atoms with Crippen LogP contribution < -0.4 is 5.32 Å². The lowest BCUT2D eigenvalue weighted by Gasteiger charge is -2.38. The standard InChI is InChI=1S/C16H12F4N2O/c17-12-7-3-1-5-10(12)14-21-13-8-4-2-6-11(13)15(23)22(14)9-16(18,19)20/h1-8,14,21H,9H2/t14-/m1/s1. The molecule has 0 aromatic heterocycles. The number of rotatable bonds is 2. The van der Waals surface area contributed by atoms with Gasteiger partial charge in [0.1, 0.15) is 18.5 Å². The van der Waals surface area contributed by atoms with Crippen LogP contribution in [0.3, 0.4) is 0 Å². The Hall–Kier alpha value is -2.57. The molecule has 23 heavy (non-hydrogen) atoms. The lowest BCUT2D eigenvalue weighted by atomic mass is 10.0. The molecule has 0 fully saturated rings. The summed E-state index contributed by atoms with van der Waals surface area (Å²) in [6.07, 6.45) is -5.81. The molecule has 1 amide bonds. The molecule has 0 aliphatic carbocycles. The van der Waals surface area contributed by atoms with Gasteiger partial charge in [-0.2, -0.15) is 13.2 Å². The summed E-state index contributed by atoms with van der Waals surface area (Å²) in [5.74, 6) is -1.46. The molecule has 1 aliphatic rings. The third-order valence-electron chi connectivity index (χ3n) is 3.57. The maximum Gasteiger partial charge on any atom is 0.406 e. The smallest absolute Gasteiger partial charge is 0.361 e. The minimum Gasteiger partial charge on any atom is -0.361 e. The number of alkyl halides is 3. The highest BCUT2D eigenvalue weighted by Gasteiger charge is 2.41. The second kappa shape index (κ2) is 5.57. The van der Waals surface area contributed by atoms with E-state index >= 15 is 0 Å². The van der Waals surface area contributed by atoms with Gasteiger partial charge in [0.25, 0.3) is 5.91 Å². The quantitative estimate of drug-likeness (QED) is 0.848. The summed E-state index contributed by atoms with van der Waals surface area (Å²) in [6.45, 7) is -1.47. The van der Waals surface area contributed by atoms with E-state index in [-0.39, 0.29) is 11.1 Å². The number of anilines is 1. The number of carbonyl (C=O) groups excluding carboxylic acids is 1. The van der Waals surface area contributed by atoms with Gasteiger partial charge in [-0.3, -0.25) is 4.79 Å². The van der Waals surface area contributed by atoms with Crippen molar-refractivity contribution in [3.05, 3.63) is 65.5 Å². The first-order valence-electron chi connectivity index (χ1n) is 6.84. The van der Waals surface area contributed by atoms with Gasteiger partial charge in [-0.1, -0.05) is 30.3 Å². The molecule has 0 saturated heterocycles. The van der Waals surface area contributed by atoms with Crippen LogP contribution in [0.2, 0.25) is 0 Å². The molecule has 3 nitrogen and oxygen atoms in total. The van der Waals surface area contributed by atoms with E-state index < -0.39 is 30.6 Å². The summed E-state index contributed by atoms with van der Waals surface area (Å²) in [7, 11) is 0. The van der Waals surface area contributed by atoms with Crippen molar-refractivity contribution in [1.82, 2.24) is 4.90 Å². The number of carbonyl (C=O) groups is 1. The maximum atomic E-state index is 14.0. The van der Waals surface area contributed by atoms with E-state index in [9.17, 15) is 22.4 Å². The van der Waals surface area contributed by atoms with Gasteiger partial charge in [0, 0.05) is 11.3 Å². The monoisotopic (exact) mass is 324 g/mol. The molecule has 0 spiro atoms. The van der Waals surface area contributed by atoms with Gasteiger partial charge in [0.2, 0.25) is 0 Å². The first-order chi connectivity index (χ1) is 10.9. The van der Waals surface area contributed by atoms with E-state index in [2.05, 4.69) is 5.32 Å². The Labute approximate surface area is 129 Å². The minimum atomic E-state index is -4.59. The molecule has 1 atom stereocenters. The maximum absolute atomic E-state index is 14.0. The summed E-state index contributed by atoms with van der Waals surface area (Å²) in [5.41, 5.74) is 0.494. The molecular formula is C16H12F4N2O. The molecule has 120 valence electrons. The highest BCUT2D eigenvalue weighted by Crippen LogP contribution is 2.35. The van der Waals surface area contributed by atoms with Crippen LogP contribution in [0.1, 0.15) is 22.1 Å². The third-order valence-corrected chi connectivity index (χ3v) is 3.57. The lowest BCUT2D eigenvalue weighted by Crippen LogP contribution is -2.47. The van der Waals surface area contributed by atoms with Crippen LogP contribution in [-0.4, -0.2) is 23.5 Å². The van der Waals surface area contributed by atoms with Gasteiger partial charge >= 0.3 is 6.18 Å². The number of amides is 1. The van der Waals surface area contributed by atoms with Gasteiger partial charge < -0.3 is 10.2 Å². The Morgan fingerprint density at radius 3 is 2.39 bits per heavy atom. The molecule has 0 unspecified atom stereocenters. The lowest BCUT2D eigenvalue weighted by molar-refractivity contribution is -0.144. The van der Waals surface area contributed by atoms with E-state index in [0.717, 1.165) is 6.07 Å². The zero-order valence-corrected chi connectivity index (χ0v) is 11.8. The zero-order chi connectivity index (χ0) is 16.6. The van der Waals surface area contributed by atoms with Crippen molar-refractivity contribution in [1.29, 1.82) is 0 Å². The number of benzene rings is 2. The average Bonchev–Trinajstić information content (AvgIpc) is 2.50. The van der Waals surface area contributed by atoms with Crippen molar-refractivity contribution >= 4 is 11.6 Å². The molecule has 2 aromatic carbocycles. The third kappa shape index (κ3) is 2.99. The number of para-hydroxylation sites is 1. The van der Waals surface area contributed by atoms with Gasteiger partial charge in [-0.15, -0.1) is 0 Å². The van der Waals surface area contributed by atoms with Gasteiger partial charge in [0.05, 0.1) is 5.56 Å². The van der Waals surface area contributed by atoms with E-state index in [0.29, 0.717) is 10.6 Å². The Morgan fingerprint density at radius 2 is 1.70 bits per heavy atom. The fourth-order valence-electron chi connectivity index (χ4n) is 2.59. The van der Waals surface area contributed by atoms with Crippen LogP contribution in [0.25, 0.3) is 0 Å². The van der Waals surface area contributed by atoms with Crippen molar-refractivity contribution in [2.75, 3.05) is 11.9 Å². The Balaban J connectivity index is 2.08. The van der Waals surface area contributed by atoms with Gasteiger partial charge in [-0.05, 0) is 18.2 Å². The van der Waals surface area contributed by atoms with E-state index in [1.54, 1.807) is 18.2 Å². The fraction of sp³-hybridized carbons (Fsp3) is 0.188. The molecular weight excluding hydrogens is 312 g/mol. The second-order valence-corrected chi connectivity index (χ2v) is 5.16. The Bertz CT molecular complexity index is 745. The topological polar surface area (TPSA) is 32.3 Å². The molecule has 0 radical (unpaired) electrons. The van der Waals surface area contributed by atoms with Crippen molar-refractivity contribution < 1.29 is 22.4 Å². The molecule has 1 N–H and O–H groups in total. The first-order valence-corrected chi connectivity index (χ1v) is 6.84. The van der Waals surface area contributed by atoms with E-state index in [1.807, 2.05) is 0 Å². The molecule has 0 saturated carbocycles. The van der Waals surface area contributed by atoms with Gasteiger partial charge in [-0.25, -0.2) is 4.39 Å². The SMILES string of the molecule is O=C1c2ccccc2N[C@@H](c2ccccc2F)N1CC(F)(F)F. The molecule has 1 heterocycles. The van der Waals surface area contributed by atoms with Crippen molar-refractivity contribution in [3.8, 4) is 0 Å². The Kier molecular flexibility index (Phi) is 3.71. The largest absolute Gasteiger partial charge is 0.406 e. The molecule has 2 aromatic rings. The summed E-state index contributed by atoms with van der Waals surface area (Å²) in [6, 6.07) is 11.7. The summed E-state index contributed by atoms with van der Waals surface area (Å²) in [4.78, 5) is 13.1. The highest BCUT2D eigenvalue weighted by molar-refractivity contribution is 6.01. The van der Waals surface area contributed by atoms with Crippen LogP contribution in [0.15, 0.2) is 48.5 Å². The van der Waals surface area contributed by atoms with Crippen LogP contribution in [0, 0.1) is 5.82 Å². The summed E-state index contributed by atoms with van der Waals surface area (Å²) >= 11 is 0. The summed E-state index contributed by atoms with van der Waals surface area (Å²) in [5, 5.41) is 2.82. The zero-order valence-electron chi connectivity index (χ0n) is 11.8. The van der Waals surface area contributed by atoms with E-state index in [1.165, 1.54) is 24.3 Å². The number of hydrogen-bond donors (Lipinski definition) is 1. The predicted molar refractivity (Wildman–Crippen MR) is 76.3 cm³/mol. The van der Waals surface area contributed by atoms with Crippen LogP contribution in [0.5, 0.6) is 0 Å². The van der Waals surface area contributed by atoms with Crippen molar-refractivity contribution in [3.63, 3.8) is 0 Å². The molecule has 1 aliphatic heterocycles. The molecule has 3 rings (SSSR count). The Morgan fingerprint density at radius 1 is 1.04 bits per heavy atom. The predicted octanol–water partition coefficient (Wildman–Crippen LogP) is 3.95. The molecule has 7 heteroatoms. The fourth-order valence-corrected chi connectivity index (χ4v) is 2.59. The van der Waals surface area contributed by atoms with Crippen LogP contribution in [0.4, 0.5) is 23.2 Å². The van der Waals surface area contributed by atoms with E-state index in [4.69, 9.17) is 0 Å². The van der Waals surface area contributed by atoms with Crippen molar-refractivity contribution in [2.45, 2.75) is 12.3 Å². The minimum absolute atomic E-state index is 0.0143. The normalized spacial score (nSPS) is 17.7. The van der Waals surface area contributed by atoms with Crippen LogP contribution in [-0.2, 0) is 0 Å². The molecule has 0 bridgehead atoms. The number of fused-ring (bicyclic) bond motifs is 1. The number of hydrogen-bond acceptors (Lipinski definition) is 2. The van der Waals surface area contributed by atoms with Crippen molar-refractivity contribution in [2.24, 2.45) is 0 Å². The average molecular weight is 324 g/mol. The first kappa shape index (κ1) is 15.3. The number of nitrogens with one attached hydrogen (secondary N) is 1. The second-order valence-electron chi connectivity index (χ2n) is 5.16. The number of nitrogens with zero attached hydrogens (tertiary/aromatic N) is 1. The summed E-state index contributed by atoms with van der Waals surface area (Å²) < 4.78 is 52.6. The van der Waals surface area contributed by atoms with Gasteiger partial charge in [0.15, 0.2) is 0 Å². The number of halogens is 4.